The van der Waals surface area contributed by atoms with Gasteiger partial charge in [-0.05, 0) is 131 Å². The molecule has 2 aliphatic heterocycles. The summed E-state index contributed by atoms with van der Waals surface area (Å²) in [7, 11) is 1.94. The summed E-state index contributed by atoms with van der Waals surface area (Å²) in [6.07, 6.45) is 9.51. The second kappa shape index (κ2) is 52.1. The highest BCUT2D eigenvalue weighted by atomic mass is 32.1. The Labute approximate surface area is 673 Å². The Morgan fingerprint density at radius 3 is 2.03 bits per heavy atom. The Morgan fingerprint density at radius 1 is 0.711 bits per heavy atom. The number of likely N-dealkylation sites (N-methyl/N-ethyl adjacent to an activating group) is 1. The number of aromatic nitrogens is 1. The molecule has 11 N–H and O–H groups in total. The first kappa shape index (κ1) is 95.1. The maximum atomic E-state index is 14.8. The molecule has 3 aromatic rings. The zero-order valence-electron chi connectivity index (χ0n) is 67.8. The predicted octanol–water partition coefficient (Wildman–Crippen LogP) is 7.31. The zero-order valence-corrected chi connectivity index (χ0v) is 68.6. The standard InChI is InChI=1S/C80H122N14O19S/c1-11-35-93(77(104)61(54(8)13-3)49-84-74(102)64-21-16-18-36-92(64)10)65(52(4)5)48-66(111-38-12-2)76-88-63(51-114-76)73(101)86-59(47-56-25-29-60(95)30-26-56)46-55(9)71(99)90-91-80(107)112-45-44-110-43-42-109-41-40-108-39-34-83-79(106)113-50-57-23-27-58(28-24-57)85-72(100)62(20-19-33-82-78(81)105)87-75(103)70(53(6)7)89-67(96)22-15-14-17-37-94-68(97)31-32-69(94)98/h23-32,49,51-55,59,61-62,64-66,70,95H,11-22,33-48,50H2,1-10H3,(H,83,106)(H,85,100)(H,86,101)(H,87,103)(H,89,96)(H,90,99)(H,91,107)(H3,81,82,105)/b84-49+/t54-,55-,59?,61?,62-,64+,65+,66+,70-/m0/s1. The molecule has 0 saturated carbocycles. The number of piperidine rings is 1. The van der Waals surface area contributed by atoms with Crippen LogP contribution < -0.4 is 48.5 Å². The van der Waals surface area contributed by atoms with Crippen LogP contribution in [0.5, 0.6) is 5.75 Å². The van der Waals surface area contributed by atoms with Crippen molar-refractivity contribution in [3.63, 3.8) is 0 Å². The molecule has 0 bridgehead atoms. The van der Waals surface area contributed by atoms with Crippen molar-refractivity contribution in [1.82, 2.24) is 57.1 Å². The van der Waals surface area contributed by atoms with Crippen molar-refractivity contribution in [2.24, 2.45) is 40.3 Å². The molecule has 0 spiro atoms. The lowest BCUT2D eigenvalue weighted by molar-refractivity contribution is -0.139. The molecule has 2 unspecified atom stereocenters. The van der Waals surface area contributed by atoms with E-state index in [4.69, 9.17) is 39.1 Å². The van der Waals surface area contributed by atoms with Crippen LogP contribution in [0.15, 0.2) is 71.1 Å². The van der Waals surface area contributed by atoms with Gasteiger partial charge in [0.05, 0.1) is 51.6 Å². The van der Waals surface area contributed by atoms with Crippen molar-refractivity contribution in [1.29, 1.82) is 0 Å². The lowest BCUT2D eigenvalue weighted by atomic mass is 9.88. The summed E-state index contributed by atoms with van der Waals surface area (Å²) in [6, 6.07) is 8.98. The molecule has 1 saturated heterocycles. The van der Waals surface area contributed by atoms with E-state index in [9.17, 15) is 62.6 Å². The third-order valence-electron chi connectivity index (χ3n) is 19.4. The molecule has 1 aromatic heterocycles. The number of nitrogens with one attached hydrogen (secondary N) is 8. The molecule has 3 heterocycles. The van der Waals surface area contributed by atoms with Crippen LogP contribution in [-0.4, -0.2) is 225 Å². The summed E-state index contributed by atoms with van der Waals surface area (Å²) in [4.78, 5) is 170. The summed E-state index contributed by atoms with van der Waals surface area (Å²) in [5.74, 6) is -5.34. The highest BCUT2D eigenvalue weighted by Crippen LogP contribution is 2.33. The number of ether oxygens (including phenoxy) is 6. The Bertz CT molecular complexity index is 3580. The number of alkyl carbamates (subject to hydrolysis) is 1. The number of carbonyl (C=O) groups is 12. The summed E-state index contributed by atoms with van der Waals surface area (Å²) >= 11 is 1.28. The highest BCUT2D eigenvalue weighted by Gasteiger charge is 2.37. The minimum atomic E-state index is -1.07. The second-order valence-corrected chi connectivity index (χ2v) is 30.1. The van der Waals surface area contributed by atoms with Crippen molar-refractivity contribution in [3.05, 3.63) is 87.9 Å². The fraction of sp³-hybridized carbons (Fsp3) is 0.625. The van der Waals surface area contributed by atoms with Crippen LogP contribution in [0.3, 0.4) is 0 Å². The number of nitrogens with two attached hydrogens (primary N) is 1. The third-order valence-corrected chi connectivity index (χ3v) is 20.3. The van der Waals surface area contributed by atoms with E-state index in [2.05, 4.69) is 61.6 Å². The number of aromatic hydroxyl groups is 1. The number of anilines is 1. The van der Waals surface area contributed by atoms with Gasteiger partial charge in [-0.2, -0.15) is 0 Å². The first-order chi connectivity index (χ1) is 54.6. The lowest BCUT2D eigenvalue weighted by Gasteiger charge is -2.38. The maximum Gasteiger partial charge on any atom is 0.426 e. The molecule has 13 amide bonds. The van der Waals surface area contributed by atoms with Crippen molar-refractivity contribution < 1.29 is 91.1 Å². The molecule has 0 aliphatic carbocycles. The van der Waals surface area contributed by atoms with E-state index in [-0.39, 0.29) is 175 Å². The summed E-state index contributed by atoms with van der Waals surface area (Å²) in [6.45, 7) is 20.4. The second-order valence-electron chi connectivity index (χ2n) is 29.2. The largest absolute Gasteiger partial charge is 0.508 e. The maximum absolute atomic E-state index is 14.8. The van der Waals surface area contributed by atoms with Gasteiger partial charge in [0.2, 0.25) is 29.5 Å². The Balaban J connectivity index is 0.974. The fourth-order valence-electron chi connectivity index (χ4n) is 12.7. The van der Waals surface area contributed by atoms with E-state index in [0.717, 1.165) is 42.7 Å². The summed E-state index contributed by atoms with van der Waals surface area (Å²) < 4.78 is 33.5. The van der Waals surface area contributed by atoms with Gasteiger partial charge in [-0.1, -0.05) is 106 Å². The molecule has 114 heavy (non-hydrogen) atoms. The van der Waals surface area contributed by atoms with Gasteiger partial charge in [0.15, 0.2) is 0 Å². The van der Waals surface area contributed by atoms with Crippen LogP contribution in [0.25, 0.3) is 0 Å². The number of hydrogen-bond donors (Lipinski definition) is 10. The van der Waals surface area contributed by atoms with Gasteiger partial charge in [0.1, 0.15) is 47.9 Å². The number of phenols is 1. The van der Waals surface area contributed by atoms with Gasteiger partial charge in [-0.25, -0.2) is 29.8 Å². The van der Waals surface area contributed by atoms with Crippen molar-refractivity contribution in [2.45, 2.75) is 202 Å². The molecule has 9 atom stereocenters. The Hall–Kier alpha value is -9.48. The van der Waals surface area contributed by atoms with Crippen molar-refractivity contribution >= 4 is 94.6 Å². The predicted molar refractivity (Wildman–Crippen MR) is 428 cm³/mol. The molecular formula is C80H122N14O19S. The van der Waals surface area contributed by atoms with Crippen LogP contribution in [0.4, 0.5) is 20.1 Å². The van der Waals surface area contributed by atoms with E-state index < -0.39 is 77.9 Å². The number of amides is 13. The Morgan fingerprint density at radius 2 is 1.39 bits per heavy atom. The number of phenolic OH excluding ortho intramolecular Hbond substituents is 1. The van der Waals surface area contributed by atoms with Gasteiger partial charge >= 0.3 is 18.2 Å². The number of hydrazine groups is 1. The minimum Gasteiger partial charge on any atom is -0.508 e. The SMILES string of the molecule is CCCO[C@H](C[C@H](C(C)C)N(CCC)C(=O)C(/C=N/C(=O)[C@H]1CCCCN1C)[C@@H](C)CC)c1nc(C(=O)NC(Cc2ccc(O)cc2)C[C@H](C)C(=O)NNC(=O)OCCOCCOCCOCCNC(=O)OCc2ccc(NC(=O)[C@H](CCCNC(N)=O)NC(=O)[C@@H](NC(=O)CCCCCN3C(=O)C=CC3=O)C(C)C)cc2)cs1. The lowest BCUT2D eigenvalue weighted by Crippen LogP contribution is -2.54. The van der Waals surface area contributed by atoms with Gasteiger partial charge in [0.25, 0.3) is 23.6 Å². The van der Waals surface area contributed by atoms with Crippen molar-refractivity contribution in [3.8, 4) is 5.75 Å². The minimum absolute atomic E-state index is 0.00336. The van der Waals surface area contributed by atoms with E-state index in [1.807, 2.05) is 44.5 Å². The van der Waals surface area contributed by atoms with Crippen LogP contribution >= 0.6 is 11.3 Å². The molecule has 5 rings (SSSR count). The molecule has 33 nitrogen and oxygen atoms in total. The summed E-state index contributed by atoms with van der Waals surface area (Å²) in [5.41, 5.74) is 11.8. The molecule has 632 valence electrons. The molecule has 2 aliphatic rings. The number of benzene rings is 2. The number of unbranched alkanes of at least 4 members (excludes halogenated alkanes) is 2. The summed E-state index contributed by atoms with van der Waals surface area (Å²) in [5, 5.41) is 28.7. The van der Waals surface area contributed by atoms with Crippen LogP contribution in [0, 0.1) is 29.6 Å². The van der Waals surface area contributed by atoms with Gasteiger partial charge < -0.3 is 76.1 Å². The molecule has 2 aromatic carbocycles. The average molecular weight is 1620 g/mol. The molecule has 0 radical (unpaired) electrons. The number of nitrogens with zero attached hydrogens (tertiary/aromatic N) is 5. The number of aliphatic imine (C=N–C) groups is 1. The van der Waals surface area contributed by atoms with Gasteiger partial charge in [-0.3, -0.25) is 58.4 Å². The number of carbonyl (C=O) groups excluding carboxylic acids is 12. The van der Waals surface area contributed by atoms with Crippen molar-refractivity contribution in [2.75, 3.05) is 97.9 Å². The molecular weight excluding hydrogens is 1490 g/mol. The number of imide groups is 1. The van der Waals surface area contributed by atoms with E-state index >= 15 is 0 Å². The van der Waals surface area contributed by atoms with E-state index in [1.165, 1.54) is 35.6 Å². The number of likely N-dealkylation sites (tertiary alicyclic amines) is 1. The van der Waals surface area contributed by atoms with E-state index in [1.54, 1.807) is 68.8 Å². The first-order valence-corrected chi connectivity index (χ1v) is 40.7. The number of hydrogen-bond acceptors (Lipinski definition) is 22. The zero-order chi connectivity index (χ0) is 83.5. The topological polar surface area (TPSA) is 438 Å². The van der Waals surface area contributed by atoms with Gasteiger partial charge in [0, 0.05) is 93.1 Å². The number of rotatable bonds is 52. The highest BCUT2D eigenvalue weighted by molar-refractivity contribution is 7.09. The smallest absolute Gasteiger partial charge is 0.426 e. The molecule has 1 fully saturated rings. The molecule has 34 heteroatoms. The van der Waals surface area contributed by atoms with Crippen LogP contribution in [-0.2, 0) is 79.8 Å². The quantitative estimate of drug-likeness (QED) is 0.0114. The third kappa shape index (κ3) is 34.7. The van der Waals surface area contributed by atoms with Gasteiger partial charge in [-0.15, -0.1) is 11.3 Å². The fourth-order valence-corrected chi connectivity index (χ4v) is 13.5. The number of primary amides is 1. The average Bonchev–Trinajstić information content (AvgIpc) is 1.77. The van der Waals surface area contributed by atoms with E-state index in [0.29, 0.717) is 67.9 Å². The first-order valence-electron chi connectivity index (χ1n) is 39.8. The monoisotopic (exact) mass is 1610 g/mol. The number of urea groups is 1. The Kier molecular flexibility index (Phi) is 43.5. The van der Waals surface area contributed by atoms with Crippen LogP contribution in [0.2, 0.25) is 0 Å². The normalized spacial score (nSPS) is 15.8. The van der Waals surface area contributed by atoms with Crippen LogP contribution in [0.1, 0.15) is 185 Å². The number of thiazole rings is 1.